The van der Waals surface area contributed by atoms with Crippen molar-refractivity contribution >= 4 is 17.1 Å². The number of aromatic nitrogens is 3. The lowest BCUT2D eigenvalue weighted by molar-refractivity contribution is -0.0799. The Morgan fingerprint density at radius 3 is 2.45 bits per heavy atom. The van der Waals surface area contributed by atoms with Crippen LogP contribution in [-0.4, -0.2) is 66.8 Å². The highest BCUT2D eigenvalue weighted by Crippen LogP contribution is 2.34. The van der Waals surface area contributed by atoms with Crippen LogP contribution in [0.15, 0.2) is 12.3 Å². The first kappa shape index (κ1) is 30.3. The number of ether oxygens (including phenoxy) is 3. The van der Waals surface area contributed by atoms with Gasteiger partial charge in [0.25, 0.3) is 0 Å². The molecular weight excluding hydrogens is 484 g/mol. The van der Waals surface area contributed by atoms with Crippen LogP contribution in [0, 0.1) is 0 Å². The molecule has 3 rings (SSSR count). The summed E-state index contributed by atoms with van der Waals surface area (Å²) in [7, 11) is 2.00. The van der Waals surface area contributed by atoms with Gasteiger partial charge in [0.05, 0.1) is 24.9 Å². The minimum atomic E-state index is -0.810. The molecule has 0 bridgehead atoms. The van der Waals surface area contributed by atoms with Gasteiger partial charge in [-0.1, -0.05) is 20.8 Å². The zero-order valence-corrected chi connectivity index (χ0v) is 25.2. The van der Waals surface area contributed by atoms with Crippen molar-refractivity contribution in [1.82, 2.24) is 19.4 Å². The monoisotopic (exact) mass is 532 g/mol. The van der Waals surface area contributed by atoms with Crippen LogP contribution in [0.2, 0.25) is 0 Å². The largest absolute Gasteiger partial charge is 0.444 e. The molecule has 0 saturated carbocycles. The quantitative estimate of drug-likeness (QED) is 0.470. The van der Waals surface area contributed by atoms with E-state index in [2.05, 4.69) is 36.4 Å². The van der Waals surface area contributed by atoms with Crippen LogP contribution in [0.4, 0.5) is 4.79 Å². The second kappa shape index (κ2) is 11.1. The fourth-order valence-corrected chi connectivity index (χ4v) is 5.12. The minimum Gasteiger partial charge on any atom is -0.444 e. The van der Waals surface area contributed by atoms with Crippen molar-refractivity contribution in [3.8, 4) is 0 Å². The molecule has 214 valence electrons. The Balaban J connectivity index is 1.73. The van der Waals surface area contributed by atoms with Crippen LogP contribution in [0.5, 0.6) is 0 Å². The number of nitrogens with zero attached hydrogens (tertiary/aromatic N) is 4. The van der Waals surface area contributed by atoms with Crippen LogP contribution in [0.3, 0.4) is 0 Å². The van der Waals surface area contributed by atoms with Crippen LogP contribution in [0.25, 0.3) is 11.0 Å². The summed E-state index contributed by atoms with van der Waals surface area (Å²) in [6, 6.07) is 1.81. The number of fused-ring (bicyclic) bond motifs is 1. The Morgan fingerprint density at radius 1 is 1.21 bits per heavy atom. The Bertz CT molecular complexity index is 1110. The molecule has 2 aromatic rings. The molecule has 38 heavy (non-hydrogen) atoms. The third kappa shape index (κ3) is 7.04. The second-order valence-electron chi connectivity index (χ2n) is 13.2. The lowest BCUT2D eigenvalue weighted by Gasteiger charge is -2.38. The van der Waals surface area contributed by atoms with E-state index in [1.54, 1.807) is 11.1 Å². The summed E-state index contributed by atoms with van der Waals surface area (Å²) < 4.78 is 20.1. The smallest absolute Gasteiger partial charge is 0.412 e. The molecule has 2 aromatic heterocycles. The van der Waals surface area contributed by atoms with E-state index in [4.69, 9.17) is 19.2 Å². The Kier molecular flexibility index (Phi) is 8.85. The molecule has 9 heteroatoms. The van der Waals surface area contributed by atoms with Gasteiger partial charge in [-0.3, -0.25) is 4.90 Å². The predicted octanol–water partition coefficient (Wildman–Crippen LogP) is 5.64. The van der Waals surface area contributed by atoms with Gasteiger partial charge < -0.3 is 23.9 Å². The lowest BCUT2D eigenvalue weighted by atomic mass is 9.92. The van der Waals surface area contributed by atoms with Gasteiger partial charge in [-0.05, 0) is 73.8 Å². The maximum atomic E-state index is 13.2. The van der Waals surface area contributed by atoms with Gasteiger partial charge in [0.15, 0.2) is 5.82 Å². The summed E-state index contributed by atoms with van der Waals surface area (Å²) in [6.07, 6.45) is 2.04. The van der Waals surface area contributed by atoms with E-state index < -0.39 is 23.5 Å². The van der Waals surface area contributed by atoms with E-state index in [1.165, 1.54) is 5.69 Å². The van der Waals surface area contributed by atoms with Crippen molar-refractivity contribution in [3.63, 3.8) is 0 Å². The maximum absolute atomic E-state index is 13.2. The number of carbonyl (C=O) groups is 1. The molecular formula is C29H48N4O5. The molecule has 1 aliphatic heterocycles. The number of hydrogen-bond acceptors (Lipinski definition) is 7. The number of aliphatic hydroxyl groups excluding tert-OH is 1. The predicted molar refractivity (Wildman–Crippen MR) is 148 cm³/mol. The number of amides is 1. The average Bonchev–Trinajstić information content (AvgIpc) is 3.27. The molecule has 1 aliphatic rings. The summed E-state index contributed by atoms with van der Waals surface area (Å²) in [5.41, 5.74) is 0.531. The fraction of sp³-hybridized carbons (Fsp3) is 0.759. The summed E-state index contributed by atoms with van der Waals surface area (Å²) in [4.78, 5) is 24.0. The number of carbonyl (C=O) groups excluding carboxylic acids is 1. The number of rotatable bonds is 8. The van der Waals surface area contributed by atoms with Gasteiger partial charge in [-0.25, -0.2) is 14.8 Å². The Morgan fingerprint density at radius 2 is 1.87 bits per heavy atom. The van der Waals surface area contributed by atoms with Gasteiger partial charge >= 0.3 is 6.09 Å². The molecule has 1 N–H and O–H groups in total. The van der Waals surface area contributed by atoms with E-state index in [9.17, 15) is 9.90 Å². The topological polar surface area (TPSA) is 98.9 Å². The van der Waals surface area contributed by atoms with Crippen molar-refractivity contribution in [2.24, 2.45) is 7.05 Å². The number of aliphatic hydroxyl groups is 1. The van der Waals surface area contributed by atoms with Crippen molar-refractivity contribution in [3.05, 3.63) is 23.8 Å². The summed E-state index contributed by atoms with van der Waals surface area (Å²) >= 11 is 0. The lowest BCUT2D eigenvalue weighted by Crippen LogP contribution is -2.54. The summed E-state index contributed by atoms with van der Waals surface area (Å²) in [5.74, 6) is 0.418. The van der Waals surface area contributed by atoms with Crippen molar-refractivity contribution in [1.29, 1.82) is 0 Å². The fourth-order valence-electron chi connectivity index (χ4n) is 5.12. The first-order valence-corrected chi connectivity index (χ1v) is 13.7. The summed E-state index contributed by atoms with van der Waals surface area (Å²) in [5, 5.41) is 11.9. The molecule has 1 amide bonds. The Hall–Kier alpha value is -2.23. The molecule has 1 saturated heterocycles. The third-order valence-corrected chi connectivity index (χ3v) is 6.80. The van der Waals surface area contributed by atoms with Gasteiger partial charge in [0.1, 0.15) is 23.1 Å². The van der Waals surface area contributed by atoms with Crippen LogP contribution in [-0.2, 0) is 26.7 Å². The number of aryl methyl sites for hydroxylation is 1. The van der Waals surface area contributed by atoms with E-state index in [1.807, 2.05) is 55.5 Å². The van der Waals surface area contributed by atoms with E-state index >= 15 is 0 Å². The van der Waals surface area contributed by atoms with Gasteiger partial charge in [0.2, 0.25) is 0 Å². The Labute approximate surface area is 227 Å². The zero-order chi connectivity index (χ0) is 28.6. The molecule has 0 aromatic carbocycles. The van der Waals surface area contributed by atoms with E-state index in [-0.39, 0.29) is 23.7 Å². The number of hydrogen-bond donors (Lipinski definition) is 1. The van der Waals surface area contributed by atoms with Gasteiger partial charge in [-0.15, -0.1) is 0 Å². The highest BCUT2D eigenvalue weighted by Gasteiger charge is 2.49. The maximum Gasteiger partial charge on any atom is 0.412 e. The van der Waals surface area contributed by atoms with Crippen LogP contribution < -0.4 is 0 Å². The molecule has 0 spiro atoms. The highest BCUT2D eigenvalue weighted by atomic mass is 16.6. The highest BCUT2D eigenvalue weighted by molar-refractivity contribution is 5.77. The summed E-state index contributed by atoms with van der Waals surface area (Å²) in [6.45, 7) is 20.1. The second-order valence-corrected chi connectivity index (χ2v) is 13.2. The van der Waals surface area contributed by atoms with Crippen LogP contribution >= 0.6 is 0 Å². The SMILES string of the molecule is CC(C)O[C@H](CCCC(O)c1ncc2cc(C(C)(C)C)n(C)c2n1)[C@@H]1COC(C)(C)N1C(=O)OC(C)(C)C. The van der Waals surface area contributed by atoms with Crippen LogP contribution in [0.1, 0.15) is 106 Å². The van der Waals surface area contributed by atoms with E-state index in [0.29, 0.717) is 31.7 Å². The van der Waals surface area contributed by atoms with Crippen molar-refractivity contribution in [2.45, 2.75) is 130 Å². The molecule has 3 atom stereocenters. The zero-order valence-electron chi connectivity index (χ0n) is 25.2. The normalized spacial score (nSPS) is 19.8. The molecule has 0 aliphatic carbocycles. The molecule has 1 unspecified atom stereocenters. The standard InChI is InChI=1S/C29H48N4O5/c1-18(2)37-22(20-17-36-29(9,10)33(20)26(35)38-28(6,7)8)14-12-13-21(34)24-30-16-19-15-23(27(3,4)5)32(11)25(19)31-24/h15-16,18,20-22,34H,12-14,17H2,1-11H3/t20-,21?,22+/m0/s1. The average molecular weight is 533 g/mol. The third-order valence-electron chi connectivity index (χ3n) is 6.80. The minimum absolute atomic E-state index is 0.0225. The van der Waals surface area contributed by atoms with Gasteiger partial charge in [-0.2, -0.15) is 0 Å². The molecule has 0 radical (unpaired) electrons. The van der Waals surface area contributed by atoms with E-state index in [0.717, 1.165) is 11.0 Å². The van der Waals surface area contributed by atoms with Crippen molar-refractivity contribution in [2.75, 3.05) is 6.61 Å². The van der Waals surface area contributed by atoms with Crippen molar-refractivity contribution < 1.29 is 24.1 Å². The molecule has 9 nitrogen and oxygen atoms in total. The first-order chi connectivity index (χ1) is 17.4. The molecule has 3 heterocycles. The van der Waals surface area contributed by atoms with Gasteiger partial charge in [0, 0.05) is 29.7 Å². The molecule has 1 fully saturated rings. The first-order valence-electron chi connectivity index (χ1n) is 13.7.